The molecule has 1 rings (SSSR count). The molecule has 4 nitrogen and oxygen atoms in total. The van der Waals surface area contributed by atoms with Gasteiger partial charge >= 0.3 is 5.97 Å². The summed E-state index contributed by atoms with van der Waals surface area (Å²) in [6.45, 7) is 11.5. The molecular weight excluding hydrogens is 317 g/mol. The molecule has 0 heterocycles. The van der Waals surface area contributed by atoms with Gasteiger partial charge in [0.15, 0.2) is 6.42 Å². The molecule has 0 unspecified atom stereocenters. The highest BCUT2D eigenvalue weighted by Crippen LogP contribution is 2.55. The molecule has 0 fully saturated rings. The lowest BCUT2D eigenvalue weighted by Gasteiger charge is -2.36. The van der Waals surface area contributed by atoms with Crippen molar-refractivity contribution in [2.75, 3.05) is 0 Å². The predicted octanol–water partition coefficient (Wildman–Crippen LogP) is 4.10. The van der Waals surface area contributed by atoms with E-state index in [2.05, 4.69) is 5.09 Å². The molecular formula is C16H26NO3PS. The fourth-order valence-corrected chi connectivity index (χ4v) is 4.11. The van der Waals surface area contributed by atoms with Crippen molar-refractivity contribution in [2.45, 2.75) is 58.8 Å². The van der Waals surface area contributed by atoms with E-state index in [-0.39, 0.29) is 17.2 Å². The second kappa shape index (κ2) is 7.58. The molecule has 0 radical (unpaired) electrons. The van der Waals surface area contributed by atoms with Crippen molar-refractivity contribution >= 4 is 24.2 Å². The Bertz CT molecular complexity index is 540. The van der Waals surface area contributed by atoms with Gasteiger partial charge < -0.3 is 9.26 Å². The molecule has 22 heavy (non-hydrogen) atoms. The van der Waals surface area contributed by atoms with E-state index in [0.29, 0.717) is 5.75 Å². The smallest absolute Gasteiger partial charge is 0.323 e. The van der Waals surface area contributed by atoms with Crippen LogP contribution in [0.5, 0.6) is 5.75 Å². The number of para-hydroxylation sites is 1. The van der Waals surface area contributed by atoms with Gasteiger partial charge in [0.25, 0.3) is 0 Å². The summed E-state index contributed by atoms with van der Waals surface area (Å²) in [5, 5.41) is 2.92. The van der Waals surface area contributed by atoms with Crippen LogP contribution in [0.25, 0.3) is 0 Å². The average molecular weight is 343 g/mol. The molecule has 1 aromatic rings. The van der Waals surface area contributed by atoms with Crippen molar-refractivity contribution in [3.8, 4) is 5.75 Å². The maximum Gasteiger partial charge on any atom is 0.323 e. The summed E-state index contributed by atoms with van der Waals surface area (Å²) in [5.74, 6) is 0.392. The molecule has 0 amide bonds. The summed E-state index contributed by atoms with van der Waals surface area (Å²) < 4.78 is 11.3. The highest BCUT2D eigenvalue weighted by atomic mass is 32.4. The fourth-order valence-electron chi connectivity index (χ4n) is 1.63. The highest BCUT2D eigenvalue weighted by Gasteiger charge is 2.37. The van der Waals surface area contributed by atoms with Crippen LogP contribution in [-0.4, -0.2) is 23.3 Å². The minimum atomic E-state index is -2.50. The van der Waals surface area contributed by atoms with E-state index in [1.165, 1.54) is 0 Å². The van der Waals surface area contributed by atoms with Gasteiger partial charge in [-0.15, -0.1) is 0 Å². The molecule has 0 bridgehead atoms. The second-order valence-electron chi connectivity index (χ2n) is 6.46. The largest absolute Gasteiger partial charge is 0.462 e. The van der Waals surface area contributed by atoms with Gasteiger partial charge in [0.2, 0.25) is 0 Å². The van der Waals surface area contributed by atoms with Crippen LogP contribution in [0.4, 0.5) is 0 Å². The van der Waals surface area contributed by atoms with Crippen LogP contribution in [0.3, 0.4) is 0 Å². The average Bonchev–Trinajstić information content (AvgIpc) is 2.37. The van der Waals surface area contributed by atoms with Gasteiger partial charge in [-0.2, -0.15) is 0 Å². The van der Waals surface area contributed by atoms with Crippen LogP contribution in [0.1, 0.15) is 41.5 Å². The molecule has 0 aromatic heterocycles. The van der Waals surface area contributed by atoms with Crippen LogP contribution < -0.4 is 9.61 Å². The Kier molecular flexibility index (Phi) is 6.60. The van der Waals surface area contributed by atoms with Gasteiger partial charge in [-0.25, -0.2) is 5.09 Å². The molecule has 124 valence electrons. The van der Waals surface area contributed by atoms with Gasteiger partial charge in [-0.1, -0.05) is 39.0 Å². The third kappa shape index (κ3) is 5.38. The van der Waals surface area contributed by atoms with Crippen molar-refractivity contribution in [1.29, 1.82) is 0 Å². The number of ether oxygens (including phenoxy) is 1. The maximum absolute atomic E-state index is 12.0. The summed E-state index contributed by atoms with van der Waals surface area (Å²) in [6, 6.07) is 8.93. The lowest BCUT2D eigenvalue weighted by Crippen LogP contribution is -2.40. The van der Waals surface area contributed by atoms with Crippen LogP contribution in [0, 0.1) is 0 Å². The molecule has 0 aliphatic rings. The van der Waals surface area contributed by atoms with Crippen molar-refractivity contribution in [2.24, 2.45) is 0 Å². The summed E-state index contributed by atoms with van der Waals surface area (Å²) in [7, 11) is 0. The predicted molar refractivity (Wildman–Crippen MR) is 94.9 cm³/mol. The first kappa shape index (κ1) is 19.1. The topological polar surface area (TPSA) is 47.6 Å². The van der Waals surface area contributed by atoms with E-state index in [9.17, 15) is 4.79 Å². The zero-order valence-electron chi connectivity index (χ0n) is 14.1. The maximum atomic E-state index is 12.0. The lowest BCUT2D eigenvalue weighted by atomic mass is 10.3. The van der Waals surface area contributed by atoms with Crippen molar-refractivity contribution < 1.29 is 14.1 Å². The Hall–Kier alpha value is -0.900. The van der Waals surface area contributed by atoms with Crippen LogP contribution in [0.2, 0.25) is 0 Å². The SMILES string of the molecule is CC(C)OC(=O)[C@H](C)N[P@@](=S)(Oc1ccccc1)C(C)(C)C. The van der Waals surface area contributed by atoms with E-state index in [1.807, 2.05) is 65.0 Å². The number of nitrogens with one attached hydrogen (secondary N) is 1. The third-order valence-corrected chi connectivity index (χ3v) is 8.07. The standard InChI is InChI=1S/C16H26NO3PS/c1-12(2)19-15(18)13(3)17-21(22,16(4,5)6)20-14-10-8-7-9-11-14/h7-13H,1-6H3,(H,17,22)/t13-,21+/m0/s1. The Morgan fingerprint density at radius 2 is 1.73 bits per heavy atom. The van der Waals surface area contributed by atoms with E-state index in [0.717, 1.165) is 0 Å². The number of esters is 1. The molecule has 0 saturated heterocycles. The van der Waals surface area contributed by atoms with Crippen LogP contribution in [0.15, 0.2) is 30.3 Å². The second-order valence-corrected chi connectivity index (χ2v) is 10.9. The van der Waals surface area contributed by atoms with Gasteiger partial charge in [0.1, 0.15) is 11.8 Å². The zero-order valence-corrected chi connectivity index (χ0v) is 15.8. The van der Waals surface area contributed by atoms with E-state index in [4.69, 9.17) is 21.1 Å². The van der Waals surface area contributed by atoms with Crippen molar-refractivity contribution in [1.82, 2.24) is 5.09 Å². The molecule has 6 heteroatoms. The van der Waals surface area contributed by atoms with Crippen molar-refractivity contribution in [3.63, 3.8) is 0 Å². The number of rotatable bonds is 6. The van der Waals surface area contributed by atoms with Gasteiger partial charge in [-0.05, 0) is 44.7 Å². The fraction of sp³-hybridized carbons (Fsp3) is 0.562. The molecule has 1 N–H and O–H groups in total. The minimum Gasteiger partial charge on any atom is -0.462 e. The number of hydrogen-bond donors (Lipinski definition) is 1. The minimum absolute atomic E-state index is 0.153. The van der Waals surface area contributed by atoms with Crippen LogP contribution in [-0.2, 0) is 21.3 Å². The summed E-state index contributed by atoms with van der Waals surface area (Å²) >= 11 is 5.80. The zero-order chi connectivity index (χ0) is 17.0. The highest BCUT2D eigenvalue weighted by molar-refractivity contribution is 8.12. The lowest BCUT2D eigenvalue weighted by molar-refractivity contribution is -0.148. The molecule has 0 aliphatic carbocycles. The molecule has 0 spiro atoms. The number of carbonyl (C=O) groups excluding carboxylic acids is 1. The van der Waals surface area contributed by atoms with Gasteiger partial charge in [-0.3, -0.25) is 4.79 Å². The third-order valence-electron chi connectivity index (χ3n) is 2.93. The van der Waals surface area contributed by atoms with Crippen LogP contribution >= 0.6 is 6.42 Å². The Morgan fingerprint density at radius 3 is 2.18 bits per heavy atom. The van der Waals surface area contributed by atoms with E-state index < -0.39 is 12.5 Å². The Labute approximate surface area is 138 Å². The molecule has 0 saturated carbocycles. The first-order valence-electron chi connectivity index (χ1n) is 7.38. The number of hydrogen-bond acceptors (Lipinski definition) is 4. The summed E-state index contributed by atoms with van der Waals surface area (Å²) in [6.07, 6.45) is -2.65. The Morgan fingerprint density at radius 1 is 1.18 bits per heavy atom. The first-order valence-corrected chi connectivity index (χ1v) is 10.1. The molecule has 0 aliphatic heterocycles. The van der Waals surface area contributed by atoms with Gasteiger partial charge in [0, 0.05) is 5.16 Å². The van der Waals surface area contributed by atoms with Crippen molar-refractivity contribution in [3.05, 3.63) is 30.3 Å². The normalized spacial score (nSPS) is 16.0. The van der Waals surface area contributed by atoms with Gasteiger partial charge in [0.05, 0.1) is 6.10 Å². The monoisotopic (exact) mass is 343 g/mol. The van der Waals surface area contributed by atoms with E-state index >= 15 is 0 Å². The number of carbonyl (C=O) groups is 1. The quantitative estimate of drug-likeness (QED) is 0.622. The summed E-state index contributed by atoms with van der Waals surface area (Å²) in [5.41, 5.74) is 0. The first-order chi connectivity index (χ1) is 10.0. The molecule has 1 aromatic carbocycles. The summed E-state index contributed by atoms with van der Waals surface area (Å²) in [4.78, 5) is 12.0. The number of benzene rings is 1. The molecule has 2 atom stereocenters. The van der Waals surface area contributed by atoms with E-state index in [1.54, 1.807) is 6.92 Å². The Balaban J connectivity index is 2.94.